The first-order valence-corrected chi connectivity index (χ1v) is 6.12. The van der Waals surface area contributed by atoms with Gasteiger partial charge in [-0.05, 0) is 33.6 Å². The Balaban J connectivity index is -0.000000596. The molecule has 0 radical (unpaired) electrons. The van der Waals surface area contributed by atoms with Crippen LogP contribution in [0.15, 0.2) is 0 Å². The van der Waals surface area contributed by atoms with Crippen LogP contribution in [-0.2, 0) is 14.3 Å². The van der Waals surface area contributed by atoms with Crippen molar-refractivity contribution in [2.75, 3.05) is 19.6 Å². The standard InChI is InChI=1S/C11H20N2O3.CH2O2.CH3.Cs/c1-11(2,3)16-10(15)12-8-9(14)13-6-4-5-7-13;2-1-3;;/h4-8H2,1-3H3,(H,12,15);1H,(H,2,3);1H3;/q;;-1;+1. The molecule has 0 spiro atoms. The largest absolute Gasteiger partial charge is 1.00 e. The Morgan fingerprint density at radius 1 is 1.29 bits per heavy atom. The van der Waals surface area contributed by atoms with Crippen LogP contribution in [0.25, 0.3) is 0 Å². The number of nitrogens with zero attached hydrogens (tertiary/aromatic N) is 1. The van der Waals surface area contributed by atoms with Crippen LogP contribution in [0.5, 0.6) is 0 Å². The maximum atomic E-state index is 11.6. The van der Waals surface area contributed by atoms with Crippen LogP contribution in [0.2, 0.25) is 0 Å². The van der Waals surface area contributed by atoms with Gasteiger partial charge < -0.3 is 27.5 Å². The molecule has 1 rings (SSSR count). The summed E-state index contributed by atoms with van der Waals surface area (Å²) >= 11 is 0. The van der Waals surface area contributed by atoms with Gasteiger partial charge in [-0.3, -0.25) is 9.59 Å². The SMILES string of the molecule is CC(C)(C)OC(=O)NCC(=O)N1CCCC1.O=CO.[CH3-].[Cs+]. The topological polar surface area (TPSA) is 95.9 Å². The number of carbonyl (C=O) groups is 3. The summed E-state index contributed by atoms with van der Waals surface area (Å²) in [5, 5.41) is 9.35. The second-order valence-electron chi connectivity index (χ2n) is 5.05. The third-order valence-corrected chi connectivity index (χ3v) is 2.24. The van der Waals surface area contributed by atoms with E-state index >= 15 is 0 Å². The van der Waals surface area contributed by atoms with Crippen LogP contribution in [-0.4, -0.2) is 53.7 Å². The summed E-state index contributed by atoms with van der Waals surface area (Å²) in [7, 11) is 0. The first kappa shape index (κ1) is 26.2. The molecule has 2 amide bonds. The Labute approximate surface area is 185 Å². The number of likely N-dealkylation sites (tertiary alicyclic amines) is 1. The third kappa shape index (κ3) is 14.9. The van der Waals surface area contributed by atoms with Crippen LogP contribution >= 0.6 is 0 Å². The molecule has 0 aliphatic carbocycles. The van der Waals surface area contributed by atoms with E-state index in [1.807, 2.05) is 0 Å². The first-order chi connectivity index (χ1) is 8.80. The first-order valence-electron chi connectivity index (χ1n) is 6.12. The molecular weight excluding hydrogens is 397 g/mol. The number of hydrogen-bond donors (Lipinski definition) is 2. The van der Waals surface area contributed by atoms with Crippen molar-refractivity contribution in [3.8, 4) is 0 Å². The maximum absolute atomic E-state index is 11.6. The molecular formula is C13H25CsN2O5. The van der Waals surface area contributed by atoms with Crippen LogP contribution in [0.1, 0.15) is 33.6 Å². The smallest absolute Gasteiger partial charge is 0.483 e. The van der Waals surface area contributed by atoms with E-state index in [-0.39, 0.29) is 95.2 Å². The second-order valence-corrected chi connectivity index (χ2v) is 5.05. The van der Waals surface area contributed by atoms with Crippen molar-refractivity contribution in [1.82, 2.24) is 10.2 Å². The van der Waals surface area contributed by atoms with E-state index in [0.717, 1.165) is 25.9 Å². The number of carbonyl (C=O) groups excluding carboxylic acids is 2. The predicted octanol–water partition coefficient (Wildman–Crippen LogP) is -1.71. The zero-order chi connectivity index (χ0) is 14.9. The number of amides is 2. The summed E-state index contributed by atoms with van der Waals surface area (Å²) in [5.74, 6) is -0.0386. The van der Waals surface area contributed by atoms with Gasteiger partial charge in [0.2, 0.25) is 5.91 Å². The van der Waals surface area contributed by atoms with Crippen molar-refractivity contribution in [3.05, 3.63) is 7.43 Å². The minimum absolute atomic E-state index is 0. The molecule has 118 valence electrons. The molecule has 0 aromatic carbocycles. The summed E-state index contributed by atoms with van der Waals surface area (Å²) in [4.78, 5) is 33.0. The molecule has 0 bridgehead atoms. The van der Waals surface area contributed by atoms with Gasteiger partial charge in [-0.15, -0.1) is 0 Å². The van der Waals surface area contributed by atoms with Crippen LogP contribution in [0.3, 0.4) is 0 Å². The van der Waals surface area contributed by atoms with E-state index < -0.39 is 11.7 Å². The van der Waals surface area contributed by atoms with Gasteiger partial charge in [0.05, 0.1) is 0 Å². The van der Waals surface area contributed by atoms with Crippen molar-refractivity contribution in [1.29, 1.82) is 0 Å². The Kier molecular flexibility index (Phi) is 17.3. The molecule has 21 heavy (non-hydrogen) atoms. The van der Waals surface area contributed by atoms with Crippen molar-refractivity contribution in [2.45, 2.75) is 39.2 Å². The van der Waals surface area contributed by atoms with Crippen molar-refractivity contribution >= 4 is 18.5 Å². The minimum Gasteiger partial charge on any atom is -0.483 e. The van der Waals surface area contributed by atoms with Crippen molar-refractivity contribution < 1.29 is 93.1 Å². The van der Waals surface area contributed by atoms with Gasteiger partial charge in [0.15, 0.2) is 0 Å². The average molecular weight is 422 g/mol. The quantitative estimate of drug-likeness (QED) is 0.408. The molecule has 1 aliphatic rings. The predicted molar refractivity (Wildman–Crippen MR) is 75.2 cm³/mol. The third-order valence-electron chi connectivity index (χ3n) is 2.24. The summed E-state index contributed by atoms with van der Waals surface area (Å²) < 4.78 is 5.03. The van der Waals surface area contributed by atoms with Gasteiger partial charge in [0, 0.05) is 13.1 Å². The molecule has 8 heteroatoms. The van der Waals surface area contributed by atoms with Gasteiger partial charge in [0.25, 0.3) is 6.47 Å². The minimum atomic E-state index is -0.542. The zero-order valence-corrected chi connectivity index (χ0v) is 19.9. The fourth-order valence-electron chi connectivity index (χ4n) is 1.54. The maximum Gasteiger partial charge on any atom is 1.00 e. The number of rotatable bonds is 2. The van der Waals surface area contributed by atoms with E-state index in [0.29, 0.717) is 0 Å². The summed E-state index contributed by atoms with van der Waals surface area (Å²) in [6.07, 6.45) is 1.57. The van der Waals surface area contributed by atoms with Crippen LogP contribution < -0.4 is 74.2 Å². The monoisotopic (exact) mass is 422 g/mol. The molecule has 2 N–H and O–H groups in total. The number of carboxylic acid groups (broad SMARTS) is 1. The van der Waals surface area contributed by atoms with Gasteiger partial charge >= 0.3 is 75.0 Å². The van der Waals surface area contributed by atoms with E-state index in [4.69, 9.17) is 14.6 Å². The molecule has 1 heterocycles. The van der Waals surface area contributed by atoms with E-state index in [9.17, 15) is 9.59 Å². The Morgan fingerprint density at radius 2 is 1.71 bits per heavy atom. The molecule has 0 atom stereocenters. The number of alkyl carbamates (subject to hydrolysis) is 1. The van der Waals surface area contributed by atoms with E-state index in [2.05, 4.69) is 5.32 Å². The summed E-state index contributed by atoms with van der Waals surface area (Å²) in [6.45, 7) is 6.73. The number of ether oxygens (including phenoxy) is 1. The summed E-state index contributed by atoms with van der Waals surface area (Å²) in [5.41, 5.74) is -0.527. The average Bonchev–Trinajstić information content (AvgIpc) is 2.78. The molecule has 0 saturated carbocycles. The zero-order valence-electron chi connectivity index (χ0n) is 13.6. The normalized spacial score (nSPS) is 12.8. The molecule has 7 nitrogen and oxygen atoms in total. The Hall–Kier alpha value is 0.262. The molecule has 1 aliphatic heterocycles. The Morgan fingerprint density at radius 3 is 2.10 bits per heavy atom. The van der Waals surface area contributed by atoms with Crippen molar-refractivity contribution in [2.24, 2.45) is 0 Å². The van der Waals surface area contributed by atoms with Crippen LogP contribution in [0, 0.1) is 7.43 Å². The number of nitrogens with one attached hydrogen (secondary N) is 1. The van der Waals surface area contributed by atoms with E-state index in [1.165, 1.54) is 0 Å². The fraction of sp³-hybridized carbons (Fsp3) is 0.692. The van der Waals surface area contributed by atoms with Crippen molar-refractivity contribution in [3.63, 3.8) is 0 Å². The summed E-state index contributed by atoms with van der Waals surface area (Å²) in [6, 6.07) is 0. The molecule has 1 saturated heterocycles. The van der Waals surface area contributed by atoms with Gasteiger partial charge in [-0.25, -0.2) is 4.79 Å². The molecule has 0 aromatic heterocycles. The number of hydrogen-bond acceptors (Lipinski definition) is 4. The molecule has 0 aromatic rings. The fourth-order valence-corrected chi connectivity index (χ4v) is 1.54. The van der Waals surface area contributed by atoms with Crippen LogP contribution in [0.4, 0.5) is 4.79 Å². The molecule has 1 fully saturated rings. The van der Waals surface area contributed by atoms with Gasteiger partial charge in [0.1, 0.15) is 12.1 Å². The Bertz CT molecular complexity index is 312. The van der Waals surface area contributed by atoms with E-state index in [1.54, 1.807) is 25.7 Å². The van der Waals surface area contributed by atoms with Gasteiger partial charge in [-0.2, -0.15) is 0 Å². The van der Waals surface area contributed by atoms with Gasteiger partial charge in [-0.1, -0.05) is 0 Å². The second kappa shape index (κ2) is 13.9. The molecule has 0 unspecified atom stereocenters.